The van der Waals surface area contributed by atoms with Crippen molar-refractivity contribution in [2.24, 2.45) is 0 Å². The van der Waals surface area contributed by atoms with Crippen LogP contribution in [-0.4, -0.2) is 38.3 Å². The Kier molecular flexibility index (Phi) is 9.22. The van der Waals surface area contributed by atoms with Gasteiger partial charge in [0.05, 0.1) is 11.2 Å². The summed E-state index contributed by atoms with van der Waals surface area (Å²) < 4.78 is 13.6. The summed E-state index contributed by atoms with van der Waals surface area (Å²) >= 11 is 3.57. The molecule has 1 aliphatic rings. The van der Waals surface area contributed by atoms with Crippen LogP contribution in [0.5, 0.6) is 0 Å². The van der Waals surface area contributed by atoms with Gasteiger partial charge in [-0.3, -0.25) is 19.9 Å². The molecule has 4 aromatic heterocycles. The van der Waals surface area contributed by atoms with Gasteiger partial charge in [0.25, 0.3) is 0 Å². The van der Waals surface area contributed by atoms with Crippen molar-refractivity contribution in [3.63, 3.8) is 0 Å². The van der Waals surface area contributed by atoms with Crippen LogP contribution in [0.25, 0.3) is 44.5 Å². The lowest BCUT2D eigenvalue weighted by Gasteiger charge is -2.32. The monoisotopic (exact) mass is 668 g/mol. The Labute approximate surface area is 279 Å². The quantitative estimate of drug-likeness (QED) is 0.171. The lowest BCUT2D eigenvalue weighted by molar-refractivity contribution is 0.00578. The molecular formula is C38H34BBrN4O2. The van der Waals surface area contributed by atoms with Gasteiger partial charge in [-0.1, -0.05) is 52.3 Å². The Balaban J connectivity index is 0.000000172. The molecule has 0 N–H and O–H groups in total. The van der Waals surface area contributed by atoms with Crippen molar-refractivity contribution >= 4 is 28.5 Å². The van der Waals surface area contributed by atoms with Crippen LogP contribution in [0, 0.1) is 0 Å². The highest BCUT2D eigenvalue weighted by atomic mass is 79.9. The highest BCUT2D eigenvalue weighted by Gasteiger charge is 2.51. The molecule has 6 aromatic rings. The third-order valence-electron chi connectivity index (χ3n) is 8.36. The fourth-order valence-electron chi connectivity index (χ4n) is 5.16. The number of pyridine rings is 4. The Morgan fingerprint density at radius 2 is 0.804 bits per heavy atom. The molecule has 0 bridgehead atoms. The Morgan fingerprint density at radius 3 is 1.11 bits per heavy atom. The molecule has 0 spiro atoms. The number of nitrogens with zero attached hydrogens (tertiary/aromatic N) is 4. The number of hydrogen-bond donors (Lipinski definition) is 0. The van der Waals surface area contributed by atoms with Gasteiger partial charge >= 0.3 is 7.12 Å². The minimum absolute atomic E-state index is 0.379. The van der Waals surface area contributed by atoms with E-state index in [9.17, 15) is 0 Å². The highest BCUT2D eigenvalue weighted by Crippen LogP contribution is 2.37. The Bertz CT molecular complexity index is 1780. The zero-order valence-electron chi connectivity index (χ0n) is 26.3. The Morgan fingerprint density at radius 1 is 0.478 bits per heavy atom. The molecule has 2 aromatic carbocycles. The molecular weight excluding hydrogens is 635 g/mol. The molecule has 0 amide bonds. The van der Waals surface area contributed by atoms with Gasteiger partial charge in [-0.15, -0.1) is 0 Å². The van der Waals surface area contributed by atoms with E-state index in [1.54, 1.807) is 24.8 Å². The molecule has 46 heavy (non-hydrogen) atoms. The van der Waals surface area contributed by atoms with E-state index in [2.05, 4.69) is 124 Å². The fraction of sp³-hybridized carbons (Fsp3) is 0.158. The van der Waals surface area contributed by atoms with Crippen LogP contribution in [0.3, 0.4) is 0 Å². The van der Waals surface area contributed by atoms with Crippen LogP contribution in [0.4, 0.5) is 0 Å². The summed E-state index contributed by atoms with van der Waals surface area (Å²) in [6.45, 7) is 8.28. The van der Waals surface area contributed by atoms with Crippen molar-refractivity contribution in [2.75, 3.05) is 0 Å². The first-order valence-corrected chi connectivity index (χ1v) is 15.9. The van der Waals surface area contributed by atoms with E-state index in [0.29, 0.717) is 0 Å². The SMILES string of the molecule is Brc1cc(-c2cccnc2)cc(-c2cccnc2)c1.CC1(C)OB(c2cc(-c3cccnc3)cc(-c3cccnc3)c2)OC1(C)C. The van der Waals surface area contributed by atoms with Crippen LogP contribution in [0.1, 0.15) is 27.7 Å². The molecule has 0 saturated carbocycles. The second kappa shape index (κ2) is 13.5. The van der Waals surface area contributed by atoms with Gasteiger partial charge in [0.1, 0.15) is 0 Å². The molecule has 0 aliphatic carbocycles. The first kappa shape index (κ1) is 31.5. The van der Waals surface area contributed by atoms with E-state index in [1.807, 2.05) is 49.1 Å². The molecule has 228 valence electrons. The van der Waals surface area contributed by atoms with Gasteiger partial charge in [-0.25, -0.2) is 0 Å². The second-order valence-corrected chi connectivity index (χ2v) is 13.0. The molecule has 1 aliphatic heterocycles. The Hall–Kier alpha value is -4.50. The standard InChI is InChI=1S/C22H23BN2O2.C16H11BrN2/c1-21(2)22(3,4)27-23(26-21)20-12-18(16-7-5-9-24-14-16)11-19(13-20)17-8-6-10-25-15-17;17-16-8-14(12-3-1-5-18-10-12)7-15(9-16)13-4-2-6-19-11-13/h5-15H,1-4H3;1-11H. The van der Waals surface area contributed by atoms with Gasteiger partial charge < -0.3 is 9.31 Å². The minimum Gasteiger partial charge on any atom is -0.399 e. The molecule has 0 unspecified atom stereocenters. The number of rotatable bonds is 5. The molecule has 1 saturated heterocycles. The van der Waals surface area contributed by atoms with Crippen LogP contribution in [-0.2, 0) is 9.31 Å². The van der Waals surface area contributed by atoms with E-state index in [0.717, 1.165) is 54.4 Å². The predicted molar refractivity (Wildman–Crippen MR) is 189 cm³/mol. The third-order valence-corrected chi connectivity index (χ3v) is 8.82. The van der Waals surface area contributed by atoms with Gasteiger partial charge in [0, 0.05) is 65.2 Å². The average molecular weight is 669 g/mol. The molecule has 1 fully saturated rings. The zero-order chi connectivity index (χ0) is 32.1. The van der Waals surface area contributed by atoms with Crippen molar-refractivity contribution in [1.29, 1.82) is 0 Å². The topological polar surface area (TPSA) is 70.0 Å². The minimum atomic E-state index is -0.415. The lowest BCUT2D eigenvalue weighted by atomic mass is 9.76. The van der Waals surface area contributed by atoms with E-state index in [4.69, 9.17) is 9.31 Å². The van der Waals surface area contributed by atoms with Gasteiger partial charge in [0.2, 0.25) is 0 Å². The zero-order valence-corrected chi connectivity index (χ0v) is 27.8. The van der Waals surface area contributed by atoms with E-state index < -0.39 is 7.12 Å². The van der Waals surface area contributed by atoms with Crippen molar-refractivity contribution in [2.45, 2.75) is 38.9 Å². The molecule has 5 heterocycles. The normalized spacial score (nSPS) is 14.8. The molecule has 0 radical (unpaired) electrons. The maximum absolute atomic E-state index is 6.28. The van der Waals surface area contributed by atoms with E-state index in [1.165, 1.54) is 0 Å². The predicted octanol–water partition coefficient (Wildman–Crippen LogP) is 8.68. The summed E-state index contributed by atoms with van der Waals surface area (Å²) in [6.07, 6.45) is 14.6. The van der Waals surface area contributed by atoms with Crippen molar-refractivity contribution in [3.8, 4) is 44.5 Å². The van der Waals surface area contributed by atoms with Crippen LogP contribution in [0.2, 0.25) is 0 Å². The first-order valence-electron chi connectivity index (χ1n) is 15.1. The van der Waals surface area contributed by atoms with Crippen LogP contribution >= 0.6 is 15.9 Å². The number of benzene rings is 2. The maximum Gasteiger partial charge on any atom is 0.494 e. The highest BCUT2D eigenvalue weighted by molar-refractivity contribution is 9.10. The summed E-state index contributed by atoms with van der Waals surface area (Å²) in [5.41, 5.74) is 9.00. The summed E-state index contributed by atoms with van der Waals surface area (Å²) in [4.78, 5) is 16.9. The maximum atomic E-state index is 6.28. The smallest absolute Gasteiger partial charge is 0.399 e. The summed E-state index contributed by atoms with van der Waals surface area (Å²) in [6, 6.07) is 28.8. The van der Waals surface area contributed by atoms with E-state index in [-0.39, 0.29) is 11.2 Å². The van der Waals surface area contributed by atoms with Crippen molar-refractivity contribution < 1.29 is 9.31 Å². The molecule has 0 atom stereocenters. The third kappa shape index (κ3) is 7.15. The molecule has 8 heteroatoms. The van der Waals surface area contributed by atoms with Gasteiger partial charge in [-0.2, -0.15) is 0 Å². The van der Waals surface area contributed by atoms with Crippen molar-refractivity contribution in [3.05, 3.63) is 139 Å². The number of halogens is 1. The van der Waals surface area contributed by atoms with Crippen molar-refractivity contribution in [1.82, 2.24) is 19.9 Å². The second-order valence-electron chi connectivity index (χ2n) is 12.1. The summed E-state index contributed by atoms with van der Waals surface area (Å²) in [5.74, 6) is 0. The average Bonchev–Trinajstić information content (AvgIpc) is 3.32. The lowest BCUT2D eigenvalue weighted by Crippen LogP contribution is -2.41. The van der Waals surface area contributed by atoms with Gasteiger partial charge in [0.15, 0.2) is 0 Å². The van der Waals surface area contributed by atoms with Crippen LogP contribution in [0.15, 0.2) is 139 Å². The fourth-order valence-corrected chi connectivity index (χ4v) is 5.65. The van der Waals surface area contributed by atoms with Gasteiger partial charge in [-0.05, 0) is 115 Å². The number of aromatic nitrogens is 4. The molecule has 6 nitrogen and oxygen atoms in total. The van der Waals surface area contributed by atoms with E-state index >= 15 is 0 Å². The largest absolute Gasteiger partial charge is 0.494 e. The molecule has 7 rings (SSSR count). The summed E-state index contributed by atoms with van der Waals surface area (Å²) in [5, 5.41) is 0. The first-order chi connectivity index (χ1) is 22.2. The number of hydrogen-bond acceptors (Lipinski definition) is 6. The van der Waals surface area contributed by atoms with Crippen LogP contribution < -0.4 is 5.46 Å². The summed E-state index contributed by atoms with van der Waals surface area (Å²) in [7, 11) is -0.415.